The third-order valence-electron chi connectivity index (χ3n) is 5.79. The minimum atomic E-state index is -3.76. The summed E-state index contributed by atoms with van der Waals surface area (Å²) in [5.74, 6) is 0.241. The summed E-state index contributed by atoms with van der Waals surface area (Å²) in [6.07, 6.45) is 4.98. The van der Waals surface area contributed by atoms with Crippen LogP contribution in [0.4, 0.5) is 0 Å². The maximum absolute atomic E-state index is 12.8. The van der Waals surface area contributed by atoms with Gasteiger partial charge in [0.05, 0.1) is 17.6 Å². The molecule has 0 spiro atoms. The third-order valence-corrected chi connectivity index (χ3v) is 7.33. The first-order valence-electron chi connectivity index (χ1n) is 10.9. The Hall–Kier alpha value is -2.22. The van der Waals surface area contributed by atoms with Gasteiger partial charge in [-0.3, -0.25) is 4.79 Å². The molecule has 3 atom stereocenters. The van der Waals surface area contributed by atoms with Crippen LogP contribution in [-0.2, 0) is 14.8 Å². The Bertz CT molecular complexity index is 963. The monoisotopic (exact) mass is 444 g/mol. The summed E-state index contributed by atoms with van der Waals surface area (Å²) in [6.45, 7) is 4.84. The first kappa shape index (κ1) is 23.4. The van der Waals surface area contributed by atoms with Gasteiger partial charge in [-0.1, -0.05) is 56.2 Å². The number of carbonyl (C=O) groups excluding carboxylic acids is 1. The van der Waals surface area contributed by atoms with Gasteiger partial charge in [-0.05, 0) is 49.4 Å². The van der Waals surface area contributed by atoms with E-state index < -0.39 is 10.0 Å². The zero-order valence-corrected chi connectivity index (χ0v) is 19.0. The highest BCUT2D eigenvalue weighted by molar-refractivity contribution is 7.89. The van der Waals surface area contributed by atoms with E-state index >= 15 is 0 Å². The van der Waals surface area contributed by atoms with Crippen molar-refractivity contribution in [3.63, 3.8) is 0 Å². The number of carbonyl (C=O) groups is 1. The summed E-state index contributed by atoms with van der Waals surface area (Å²) in [5.41, 5.74) is 1.17. The fourth-order valence-corrected chi connectivity index (χ4v) is 5.20. The molecule has 3 rings (SSSR count). The minimum Gasteiger partial charge on any atom is -0.376 e. The summed E-state index contributed by atoms with van der Waals surface area (Å²) in [5, 5.41) is 2.82. The summed E-state index contributed by atoms with van der Waals surface area (Å²) in [4.78, 5) is 12.6. The largest absolute Gasteiger partial charge is 0.376 e. The van der Waals surface area contributed by atoms with Crippen molar-refractivity contribution in [1.82, 2.24) is 10.0 Å². The lowest BCUT2D eigenvalue weighted by Crippen LogP contribution is -2.32. The lowest BCUT2D eigenvalue weighted by molar-refractivity contribution is -0.00293. The van der Waals surface area contributed by atoms with E-state index in [1.807, 2.05) is 30.3 Å². The van der Waals surface area contributed by atoms with Crippen molar-refractivity contribution in [2.75, 3.05) is 13.2 Å². The first-order chi connectivity index (χ1) is 14.9. The van der Waals surface area contributed by atoms with Gasteiger partial charge < -0.3 is 10.1 Å². The van der Waals surface area contributed by atoms with Crippen molar-refractivity contribution in [2.45, 2.75) is 56.6 Å². The van der Waals surface area contributed by atoms with E-state index in [9.17, 15) is 13.2 Å². The Labute approximate surface area is 185 Å². The molecule has 1 aliphatic carbocycles. The lowest BCUT2D eigenvalue weighted by atomic mass is 9.88. The molecule has 7 heteroatoms. The van der Waals surface area contributed by atoms with Crippen molar-refractivity contribution in [1.29, 1.82) is 0 Å². The number of sulfonamides is 1. The van der Waals surface area contributed by atoms with Crippen LogP contribution in [0.5, 0.6) is 0 Å². The zero-order chi connectivity index (χ0) is 22.3. The average Bonchev–Trinajstić information content (AvgIpc) is 2.78. The molecule has 2 N–H and O–H groups in total. The van der Waals surface area contributed by atoms with Gasteiger partial charge in [-0.2, -0.15) is 0 Å². The number of nitrogens with one attached hydrogen (secondary N) is 2. The molecular weight excluding hydrogens is 412 g/mol. The summed E-state index contributed by atoms with van der Waals surface area (Å²) in [7, 11) is -3.76. The van der Waals surface area contributed by atoms with E-state index in [2.05, 4.69) is 17.0 Å². The molecule has 0 saturated heterocycles. The number of amides is 1. The van der Waals surface area contributed by atoms with Gasteiger partial charge in [0.15, 0.2) is 0 Å². The lowest BCUT2D eigenvalue weighted by Gasteiger charge is -2.28. The molecular formula is C24H32N2O4S. The average molecular weight is 445 g/mol. The molecule has 1 amide bonds. The highest BCUT2D eigenvalue weighted by Crippen LogP contribution is 2.26. The van der Waals surface area contributed by atoms with Gasteiger partial charge in [-0.15, -0.1) is 0 Å². The van der Waals surface area contributed by atoms with Crippen molar-refractivity contribution >= 4 is 15.9 Å². The second-order valence-electron chi connectivity index (χ2n) is 8.21. The van der Waals surface area contributed by atoms with Crippen LogP contribution in [0.25, 0.3) is 0 Å². The van der Waals surface area contributed by atoms with Crippen LogP contribution in [-0.4, -0.2) is 33.6 Å². The summed E-state index contributed by atoms with van der Waals surface area (Å²) < 4.78 is 34.2. The Morgan fingerprint density at radius 3 is 2.58 bits per heavy atom. The number of ether oxygens (including phenoxy) is 1. The third kappa shape index (κ3) is 6.63. The van der Waals surface area contributed by atoms with E-state index in [4.69, 9.17) is 4.74 Å². The topological polar surface area (TPSA) is 84.5 Å². The quantitative estimate of drug-likeness (QED) is 0.572. The van der Waals surface area contributed by atoms with Crippen LogP contribution in [0.15, 0.2) is 59.5 Å². The Balaban J connectivity index is 1.55. The van der Waals surface area contributed by atoms with Gasteiger partial charge >= 0.3 is 0 Å². The molecule has 0 radical (unpaired) electrons. The molecule has 168 valence electrons. The van der Waals surface area contributed by atoms with Gasteiger partial charge in [-0.25, -0.2) is 13.1 Å². The predicted molar refractivity (Wildman–Crippen MR) is 121 cm³/mol. The Kier molecular flexibility index (Phi) is 8.23. The fourth-order valence-electron chi connectivity index (χ4n) is 3.92. The van der Waals surface area contributed by atoms with Gasteiger partial charge in [0.1, 0.15) is 0 Å². The van der Waals surface area contributed by atoms with E-state index in [-0.39, 0.29) is 22.9 Å². The molecule has 3 unspecified atom stereocenters. The summed E-state index contributed by atoms with van der Waals surface area (Å²) in [6, 6.07) is 15.0. The van der Waals surface area contributed by atoms with Crippen molar-refractivity contribution in [2.24, 2.45) is 5.92 Å². The molecule has 2 aromatic rings. The van der Waals surface area contributed by atoms with Crippen molar-refractivity contribution in [3.8, 4) is 0 Å². The van der Waals surface area contributed by atoms with Gasteiger partial charge in [0.2, 0.25) is 10.0 Å². The highest BCUT2D eigenvalue weighted by atomic mass is 32.2. The SMILES string of the molecule is CC(NS(=O)(=O)c1cccc(C(=O)NCCOC2CCCCC2C)c1)c1ccccc1. The molecule has 1 fully saturated rings. The number of hydrogen-bond acceptors (Lipinski definition) is 4. The smallest absolute Gasteiger partial charge is 0.251 e. The Morgan fingerprint density at radius 1 is 1.10 bits per heavy atom. The second-order valence-corrected chi connectivity index (χ2v) is 9.92. The highest BCUT2D eigenvalue weighted by Gasteiger charge is 2.22. The van der Waals surface area contributed by atoms with Gasteiger partial charge in [0.25, 0.3) is 5.91 Å². The number of benzene rings is 2. The van der Waals surface area contributed by atoms with Crippen molar-refractivity contribution in [3.05, 3.63) is 65.7 Å². The molecule has 0 aromatic heterocycles. The van der Waals surface area contributed by atoms with Crippen LogP contribution in [0, 0.1) is 5.92 Å². The molecule has 1 saturated carbocycles. The summed E-state index contributed by atoms with van der Waals surface area (Å²) >= 11 is 0. The van der Waals surface area contributed by atoms with Crippen LogP contribution < -0.4 is 10.0 Å². The van der Waals surface area contributed by atoms with E-state index in [0.29, 0.717) is 24.6 Å². The zero-order valence-electron chi connectivity index (χ0n) is 18.2. The maximum atomic E-state index is 12.8. The van der Waals surface area contributed by atoms with E-state index in [1.165, 1.54) is 31.4 Å². The maximum Gasteiger partial charge on any atom is 0.251 e. The standard InChI is InChI=1S/C24H32N2O4S/c1-18-9-6-7-14-23(18)30-16-15-25-24(27)21-12-8-13-22(17-21)31(28,29)26-19(2)20-10-4-3-5-11-20/h3-5,8,10-13,17-19,23,26H,6-7,9,14-16H2,1-2H3,(H,25,27). The van der Waals surface area contributed by atoms with Crippen LogP contribution in [0.3, 0.4) is 0 Å². The van der Waals surface area contributed by atoms with Crippen LogP contribution >= 0.6 is 0 Å². The molecule has 31 heavy (non-hydrogen) atoms. The molecule has 0 bridgehead atoms. The number of hydrogen-bond donors (Lipinski definition) is 2. The molecule has 0 aliphatic heterocycles. The normalized spacial score (nSPS) is 20.2. The predicted octanol–water partition coefficient (Wildman–Crippen LogP) is 4.05. The van der Waals surface area contributed by atoms with E-state index in [0.717, 1.165) is 12.0 Å². The second kappa shape index (κ2) is 10.9. The molecule has 0 heterocycles. The van der Waals surface area contributed by atoms with Crippen LogP contribution in [0.1, 0.15) is 61.5 Å². The number of rotatable bonds is 9. The molecule has 2 aromatic carbocycles. The fraction of sp³-hybridized carbons (Fsp3) is 0.458. The molecule has 6 nitrogen and oxygen atoms in total. The Morgan fingerprint density at radius 2 is 1.84 bits per heavy atom. The minimum absolute atomic E-state index is 0.0650. The van der Waals surface area contributed by atoms with Crippen molar-refractivity contribution < 1.29 is 17.9 Å². The molecule has 1 aliphatic rings. The first-order valence-corrected chi connectivity index (χ1v) is 12.4. The van der Waals surface area contributed by atoms with Crippen LogP contribution in [0.2, 0.25) is 0 Å². The van der Waals surface area contributed by atoms with E-state index in [1.54, 1.807) is 19.1 Å². The van der Waals surface area contributed by atoms with Gasteiger partial charge in [0, 0.05) is 18.2 Å².